The fourth-order valence-electron chi connectivity index (χ4n) is 2.22. The zero-order valence-electron chi connectivity index (χ0n) is 12.3. The molecule has 0 saturated carbocycles. The topological polar surface area (TPSA) is 56.0 Å². The van der Waals surface area contributed by atoms with Crippen LogP contribution in [0.2, 0.25) is 0 Å². The Morgan fingerprint density at radius 2 is 2.25 bits per heavy atom. The van der Waals surface area contributed by atoms with Crippen LogP contribution < -0.4 is 5.14 Å². The van der Waals surface area contributed by atoms with Gasteiger partial charge in [-0.15, -0.1) is 0 Å². The second kappa shape index (κ2) is 8.05. The highest BCUT2D eigenvalue weighted by Gasteiger charge is 2.29. The first-order valence-electron chi connectivity index (χ1n) is 6.75. The summed E-state index contributed by atoms with van der Waals surface area (Å²) in [5.41, 5.74) is 1.21. The van der Waals surface area contributed by atoms with E-state index in [1.807, 2.05) is 33.0 Å². The zero-order valence-corrected chi connectivity index (χ0v) is 14.7. The molecule has 2 N–H and O–H groups in total. The molecular weight excluding hydrogens is 336 g/mol. The predicted molar refractivity (Wildman–Crippen MR) is 89.8 cm³/mol. The first-order chi connectivity index (χ1) is 9.38. The minimum absolute atomic E-state index is 0.311. The fourth-order valence-corrected chi connectivity index (χ4v) is 3.16. The maximum atomic E-state index is 11.7. The molecule has 0 aliphatic rings. The number of allylic oxidation sites excluding steroid dienone is 2. The molecule has 20 heavy (non-hydrogen) atoms. The van der Waals surface area contributed by atoms with E-state index in [0.29, 0.717) is 5.92 Å². The molecule has 112 valence electrons. The number of pyridine rings is 1. The minimum atomic E-state index is -1.33. The monoisotopic (exact) mass is 358 g/mol. The van der Waals surface area contributed by atoms with E-state index in [2.05, 4.69) is 33.1 Å². The molecule has 1 rings (SSSR count). The summed E-state index contributed by atoms with van der Waals surface area (Å²) in [7, 11) is -1.33. The third-order valence-corrected chi connectivity index (χ3v) is 5.36. The number of nitrogens with two attached hydrogens (primary N) is 1. The van der Waals surface area contributed by atoms with Crippen molar-refractivity contribution in [3.63, 3.8) is 0 Å². The van der Waals surface area contributed by atoms with E-state index in [0.717, 1.165) is 23.7 Å². The van der Waals surface area contributed by atoms with Gasteiger partial charge in [0.2, 0.25) is 0 Å². The number of hydrogen-bond donors (Lipinski definition) is 1. The molecule has 1 unspecified atom stereocenters. The van der Waals surface area contributed by atoms with Gasteiger partial charge in [-0.25, -0.2) is 4.21 Å². The van der Waals surface area contributed by atoms with Crippen molar-refractivity contribution in [2.24, 2.45) is 5.14 Å². The molecule has 0 radical (unpaired) electrons. The molecule has 2 atom stereocenters. The molecule has 0 saturated heterocycles. The predicted octanol–water partition coefficient (Wildman–Crippen LogP) is 4.08. The molecule has 1 aromatic heterocycles. The van der Waals surface area contributed by atoms with E-state index in [9.17, 15) is 4.21 Å². The standard InChI is InChI=1S/C15H23BrN2OS/c1-4-5-6-7-12(10-15(2,3)20(17)19)13-8-9-18-11-14(13)16/h4-5,8-9,11-12H,6-7,10,17H2,1-3H3/b5-4+/t12-,20?/m1/s1. The first kappa shape index (κ1) is 17.5. The third kappa shape index (κ3) is 5.11. The van der Waals surface area contributed by atoms with Crippen molar-refractivity contribution in [3.8, 4) is 0 Å². The van der Waals surface area contributed by atoms with E-state index in [4.69, 9.17) is 5.14 Å². The highest BCUT2D eigenvalue weighted by Crippen LogP contribution is 2.35. The van der Waals surface area contributed by atoms with Gasteiger partial charge >= 0.3 is 0 Å². The van der Waals surface area contributed by atoms with Crippen molar-refractivity contribution in [1.29, 1.82) is 0 Å². The van der Waals surface area contributed by atoms with Gasteiger partial charge in [0.05, 0.1) is 15.7 Å². The molecule has 1 heterocycles. The van der Waals surface area contributed by atoms with Gasteiger partial charge in [0.25, 0.3) is 0 Å². The summed E-state index contributed by atoms with van der Waals surface area (Å²) in [6.07, 6.45) is 10.6. The highest BCUT2D eigenvalue weighted by atomic mass is 79.9. The molecule has 0 spiro atoms. The van der Waals surface area contributed by atoms with Gasteiger partial charge in [-0.2, -0.15) is 0 Å². The van der Waals surface area contributed by atoms with Crippen molar-refractivity contribution >= 4 is 26.9 Å². The van der Waals surface area contributed by atoms with E-state index in [1.54, 1.807) is 6.20 Å². The first-order valence-corrected chi connectivity index (χ1v) is 8.76. The lowest BCUT2D eigenvalue weighted by molar-refractivity contribution is 0.495. The normalized spacial score (nSPS) is 15.4. The molecular formula is C15H23BrN2OS. The summed E-state index contributed by atoms with van der Waals surface area (Å²) < 4.78 is 12.3. The summed E-state index contributed by atoms with van der Waals surface area (Å²) in [6.45, 7) is 5.94. The minimum Gasteiger partial charge on any atom is -0.264 e. The maximum absolute atomic E-state index is 11.7. The molecule has 0 aliphatic carbocycles. The van der Waals surface area contributed by atoms with Crippen LogP contribution in [0.3, 0.4) is 0 Å². The summed E-state index contributed by atoms with van der Waals surface area (Å²) in [6, 6.07) is 2.03. The summed E-state index contributed by atoms with van der Waals surface area (Å²) in [5, 5.41) is 5.62. The van der Waals surface area contributed by atoms with Gasteiger partial charge in [0, 0.05) is 16.9 Å². The smallest absolute Gasteiger partial charge is 0.0945 e. The van der Waals surface area contributed by atoms with Gasteiger partial charge in [0.15, 0.2) is 0 Å². The number of hydrogen-bond acceptors (Lipinski definition) is 2. The second-order valence-electron chi connectivity index (χ2n) is 5.50. The van der Waals surface area contributed by atoms with E-state index in [-0.39, 0.29) is 0 Å². The molecule has 3 nitrogen and oxygen atoms in total. The van der Waals surface area contributed by atoms with Crippen LogP contribution in [-0.2, 0) is 11.0 Å². The molecule has 0 aliphatic heterocycles. The Morgan fingerprint density at radius 1 is 1.55 bits per heavy atom. The van der Waals surface area contributed by atoms with Crippen LogP contribution >= 0.6 is 15.9 Å². The van der Waals surface area contributed by atoms with Crippen molar-refractivity contribution in [1.82, 2.24) is 4.98 Å². The lowest BCUT2D eigenvalue weighted by atomic mass is 9.87. The molecule has 5 heteroatoms. The lowest BCUT2D eigenvalue weighted by Gasteiger charge is -2.28. The fraction of sp³-hybridized carbons (Fsp3) is 0.533. The molecule has 0 aromatic carbocycles. The van der Waals surface area contributed by atoms with Gasteiger partial charge in [0.1, 0.15) is 0 Å². The van der Waals surface area contributed by atoms with Gasteiger partial charge in [-0.3, -0.25) is 10.1 Å². The Kier molecular flexibility index (Phi) is 7.06. The van der Waals surface area contributed by atoms with Crippen LogP contribution in [0.25, 0.3) is 0 Å². The molecule has 1 aromatic rings. The largest absolute Gasteiger partial charge is 0.264 e. The van der Waals surface area contributed by atoms with Crippen LogP contribution in [0.4, 0.5) is 0 Å². The Labute approximate surface area is 132 Å². The van der Waals surface area contributed by atoms with Crippen LogP contribution in [0.1, 0.15) is 51.5 Å². The van der Waals surface area contributed by atoms with Crippen LogP contribution in [0.5, 0.6) is 0 Å². The van der Waals surface area contributed by atoms with Crippen LogP contribution in [0, 0.1) is 0 Å². The summed E-state index contributed by atoms with van der Waals surface area (Å²) in [5.74, 6) is 0.311. The lowest BCUT2D eigenvalue weighted by Crippen LogP contribution is -2.33. The Hall–Kier alpha value is -0.520. The summed E-state index contributed by atoms with van der Waals surface area (Å²) >= 11 is 3.56. The van der Waals surface area contributed by atoms with Crippen molar-refractivity contribution in [3.05, 3.63) is 40.6 Å². The summed E-state index contributed by atoms with van der Waals surface area (Å²) in [4.78, 5) is 4.11. The van der Waals surface area contributed by atoms with E-state index >= 15 is 0 Å². The number of aromatic nitrogens is 1. The second-order valence-corrected chi connectivity index (χ2v) is 8.06. The molecule has 0 bridgehead atoms. The van der Waals surface area contributed by atoms with Gasteiger partial charge in [-0.05, 0) is 73.5 Å². The van der Waals surface area contributed by atoms with Gasteiger partial charge in [-0.1, -0.05) is 12.2 Å². The SMILES string of the molecule is C/C=C/CC[C@H](CC(C)(C)S(N)=O)c1ccncc1Br. The third-order valence-electron chi connectivity index (χ3n) is 3.44. The highest BCUT2D eigenvalue weighted by molar-refractivity contribution is 9.10. The van der Waals surface area contributed by atoms with E-state index in [1.165, 1.54) is 5.56 Å². The van der Waals surface area contributed by atoms with E-state index < -0.39 is 15.7 Å². The number of halogens is 1. The molecule has 0 fully saturated rings. The Morgan fingerprint density at radius 3 is 2.80 bits per heavy atom. The number of rotatable bonds is 7. The zero-order chi connectivity index (χ0) is 15.2. The van der Waals surface area contributed by atoms with Crippen molar-refractivity contribution < 1.29 is 4.21 Å². The quantitative estimate of drug-likeness (QED) is 0.746. The average molecular weight is 359 g/mol. The Balaban J connectivity index is 2.97. The Bertz CT molecular complexity index is 489. The van der Waals surface area contributed by atoms with Crippen molar-refractivity contribution in [2.45, 2.75) is 50.7 Å². The van der Waals surface area contributed by atoms with Crippen LogP contribution in [-0.4, -0.2) is 13.9 Å². The molecule has 0 amide bonds. The number of nitrogens with zero attached hydrogens (tertiary/aromatic N) is 1. The maximum Gasteiger partial charge on any atom is 0.0945 e. The van der Waals surface area contributed by atoms with Crippen LogP contribution in [0.15, 0.2) is 35.1 Å². The average Bonchev–Trinajstić information content (AvgIpc) is 2.38. The van der Waals surface area contributed by atoms with Gasteiger partial charge < -0.3 is 0 Å². The van der Waals surface area contributed by atoms with Crippen molar-refractivity contribution in [2.75, 3.05) is 0 Å².